The van der Waals surface area contributed by atoms with E-state index >= 15 is 0 Å². The molecule has 6 nitrogen and oxygen atoms in total. The highest BCUT2D eigenvalue weighted by molar-refractivity contribution is 7.25. The van der Waals surface area contributed by atoms with Gasteiger partial charge in [-0.25, -0.2) is 9.97 Å². The molecular weight excluding hydrogens is 344 g/mol. The predicted molar refractivity (Wildman–Crippen MR) is 100 cm³/mol. The van der Waals surface area contributed by atoms with Gasteiger partial charge in [-0.2, -0.15) is 0 Å². The zero-order valence-corrected chi connectivity index (χ0v) is 14.6. The Labute approximate surface area is 145 Å². The molecule has 2 aromatic carbocycles. The second kappa shape index (κ2) is 5.81. The molecule has 0 radical (unpaired) electrons. The Morgan fingerprint density at radius 2 is 1.92 bits per heavy atom. The maximum Gasteiger partial charge on any atom is 0.188 e. The van der Waals surface area contributed by atoms with Crippen molar-refractivity contribution in [2.75, 3.05) is 25.3 Å². The Balaban J connectivity index is 1.79. The van der Waals surface area contributed by atoms with E-state index in [0.717, 1.165) is 42.8 Å². The number of benzene rings is 2. The molecule has 0 atom stereocenters. The van der Waals surface area contributed by atoms with Gasteiger partial charge < -0.3 is 20.5 Å². The fourth-order valence-corrected chi connectivity index (χ4v) is 4.25. The van der Waals surface area contributed by atoms with Crippen LogP contribution in [0.2, 0.25) is 0 Å². The molecule has 4 aromatic rings. The van der Waals surface area contributed by atoms with E-state index in [9.17, 15) is 0 Å². The van der Waals surface area contributed by atoms with Crippen molar-refractivity contribution in [1.29, 1.82) is 0 Å². The lowest BCUT2D eigenvalue weighted by Gasteiger charge is -2.10. The van der Waals surface area contributed by atoms with E-state index in [-0.39, 0.29) is 0 Å². The Kier molecular flexibility index (Phi) is 3.62. The molecule has 0 aliphatic rings. The summed E-state index contributed by atoms with van der Waals surface area (Å²) in [7, 11) is 3.27. The third-order valence-electron chi connectivity index (χ3n) is 3.58. The fourth-order valence-electron chi connectivity index (χ4n) is 2.47. The monoisotopic (exact) mass is 358 g/mol. The van der Waals surface area contributed by atoms with Crippen LogP contribution in [0.25, 0.3) is 20.4 Å². The predicted octanol–water partition coefficient (Wildman–Crippen LogP) is 4.25. The third kappa shape index (κ3) is 2.49. The molecule has 0 bridgehead atoms. The van der Waals surface area contributed by atoms with Gasteiger partial charge in [0.1, 0.15) is 17.0 Å². The van der Waals surface area contributed by atoms with Crippen LogP contribution in [0.1, 0.15) is 0 Å². The molecule has 0 aliphatic heterocycles. The summed E-state index contributed by atoms with van der Waals surface area (Å²) in [4.78, 5) is 9.02. The molecule has 3 N–H and O–H groups in total. The molecule has 0 fully saturated rings. The zero-order valence-electron chi connectivity index (χ0n) is 13.0. The molecule has 0 amide bonds. The highest BCUT2D eigenvalue weighted by atomic mass is 32.1. The van der Waals surface area contributed by atoms with Crippen LogP contribution < -0.4 is 20.5 Å². The number of nitrogens with one attached hydrogen (secondary N) is 1. The molecule has 0 unspecified atom stereocenters. The number of nitrogens with zero attached hydrogens (tertiary/aromatic N) is 2. The number of thiazole rings is 2. The van der Waals surface area contributed by atoms with Crippen molar-refractivity contribution in [3.05, 3.63) is 30.3 Å². The number of methoxy groups -OCH3 is 2. The second-order valence-corrected chi connectivity index (χ2v) is 7.08. The first-order chi connectivity index (χ1) is 11.7. The van der Waals surface area contributed by atoms with E-state index < -0.39 is 0 Å². The van der Waals surface area contributed by atoms with E-state index in [2.05, 4.69) is 10.3 Å². The number of fused-ring (bicyclic) bond motifs is 3. The largest absolute Gasteiger partial charge is 0.497 e. The lowest BCUT2D eigenvalue weighted by Crippen LogP contribution is -1.95. The average Bonchev–Trinajstić information content (AvgIpc) is 3.16. The van der Waals surface area contributed by atoms with Gasteiger partial charge in [-0.05, 0) is 24.3 Å². The molecule has 2 heterocycles. The van der Waals surface area contributed by atoms with E-state index in [1.54, 1.807) is 25.6 Å². The van der Waals surface area contributed by atoms with Crippen LogP contribution in [-0.4, -0.2) is 24.2 Å². The first-order valence-corrected chi connectivity index (χ1v) is 8.76. The van der Waals surface area contributed by atoms with Gasteiger partial charge in [0.2, 0.25) is 0 Å². The van der Waals surface area contributed by atoms with Crippen LogP contribution in [-0.2, 0) is 0 Å². The van der Waals surface area contributed by atoms with E-state index in [1.807, 2.05) is 30.3 Å². The molecule has 8 heteroatoms. The second-order valence-electron chi connectivity index (χ2n) is 5.02. The number of nitrogen functional groups attached to an aromatic ring is 1. The minimum atomic E-state index is 0.550. The number of aromatic nitrogens is 2. The van der Waals surface area contributed by atoms with Crippen LogP contribution in [0.3, 0.4) is 0 Å². The van der Waals surface area contributed by atoms with Crippen molar-refractivity contribution in [2.45, 2.75) is 0 Å². The van der Waals surface area contributed by atoms with Gasteiger partial charge >= 0.3 is 0 Å². The van der Waals surface area contributed by atoms with Crippen molar-refractivity contribution in [2.24, 2.45) is 0 Å². The van der Waals surface area contributed by atoms with Crippen LogP contribution in [0.4, 0.5) is 16.0 Å². The van der Waals surface area contributed by atoms with E-state index in [1.165, 1.54) is 11.3 Å². The molecule has 2 aromatic heterocycles. The van der Waals surface area contributed by atoms with Crippen LogP contribution in [0.15, 0.2) is 30.3 Å². The van der Waals surface area contributed by atoms with E-state index in [0.29, 0.717) is 5.13 Å². The lowest BCUT2D eigenvalue weighted by molar-refractivity contribution is 0.405. The van der Waals surface area contributed by atoms with Gasteiger partial charge in [-0.15, -0.1) is 0 Å². The fraction of sp³-hybridized carbons (Fsp3) is 0.125. The summed E-state index contributed by atoms with van der Waals surface area (Å²) in [6, 6.07) is 9.58. The summed E-state index contributed by atoms with van der Waals surface area (Å²) in [5.74, 6) is 1.47. The normalized spacial score (nSPS) is 11.1. The van der Waals surface area contributed by atoms with Gasteiger partial charge in [0.05, 0.1) is 34.8 Å². The zero-order chi connectivity index (χ0) is 16.7. The standard InChI is InChI=1S/C16H14N4O2S2/c1-21-8-3-5-11(22-2)10(7-8)19-16-20-13-12(23-16)6-4-9-14(13)24-15(17)18-9/h3-7H,1-2H3,(H2,17,18)(H,19,20). The molecule has 0 aliphatic carbocycles. The number of ether oxygens (including phenoxy) is 2. The molecule has 122 valence electrons. The Bertz CT molecular complexity index is 1040. The SMILES string of the molecule is COc1ccc(OC)c(Nc2nc3c(ccc4nc(N)sc43)s2)c1. The molecule has 0 spiro atoms. The maximum absolute atomic E-state index is 5.82. The third-order valence-corrected chi connectivity index (χ3v) is 5.42. The summed E-state index contributed by atoms with van der Waals surface area (Å²) in [5, 5.41) is 4.64. The summed E-state index contributed by atoms with van der Waals surface area (Å²) in [6.07, 6.45) is 0. The van der Waals surface area contributed by atoms with Gasteiger partial charge in [-0.3, -0.25) is 0 Å². The minimum absolute atomic E-state index is 0.550. The average molecular weight is 358 g/mol. The van der Waals surface area contributed by atoms with Crippen LogP contribution in [0.5, 0.6) is 11.5 Å². The van der Waals surface area contributed by atoms with Gasteiger partial charge in [0.15, 0.2) is 10.3 Å². The number of rotatable bonds is 4. The van der Waals surface area contributed by atoms with Crippen molar-refractivity contribution >= 4 is 59.1 Å². The topological polar surface area (TPSA) is 82.3 Å². The Hall–Kier alpha value is -2.58. The highest BCUT2D eigenvalue weighted by Gasteiger charge is 2.13. The molecule has 24 heavy (non-hydrogen) atoms. The quantitative estimate of drug-likeness (QED) is 0.567. The summed E-state index contributed by atoms with van der Waals surface area (Å²) < 4.78 is 12.8. The first-order valence-electron chi connectivity index (χ1n) is 7.12. The van der Waals surface area contributed by atoms with Crippen LogP contribution in [0, 0.1) is 0 Å². The Morgan fingerprint density at radius 1 is 1.04 bits per heavy atom. The molecule has 4 rings (SSSR count). The van der Waals surface area contributed by atoms with Gasteiger partial charge in [0.25, 0.3) is 0 Å². The summed E-state index contributed by atoms with van der Waals surface area (Å²) in [6.45, 7) is 0. The minimum Gasteiger partial charge on any atom is -0.497 e. The van der Waals surface area contributed by atoms with Crippen molar-refractivity contribution in [3.8, 4) is 11.5 Å². The molecular formula is C16H14N4O2S2. The summed E-state index contributed by atoms with van der Waals surface area (Å²) >= 11 is 3.02. The lowest BCUT2D eigenvalue weighted by atomic mass is 10.2. The van der Waals surface area contributed by atoms with Gasteiger partial charge in [0, 0.05) is 6.07 Å². The number of anilines is 3. The Morgan fingerprint density at radius 3 is 2.71 bits per heavy atom. The number of hydrogen-bond donors (Lipinski definition) is 2. The molecule has 0 saturated carbocycles. The highest BCUT2D eigenvalue weighted by Crippen LogP contribution is 2.38. The van der Waals surface area contributed by atoms with Crippen LogP contribution >= 0.6 is 22.7 Å². The molecule has 0 saturated heterocycles. The smallest absolute Gasteiger partial charge is 0.188 e. The number of nitrogens with two attached hydrogens (primary N) is 1. The summed E-state index contributed by atoms with van der Waals surface area (Å²) in [5.41, 5.74) is 8.41. The van der Waals surface area contributed by atoms with E-state index in [4.69, 9.17) is 20.2 Å². The first kappa shape index (κ1) is 15.0. The van der Waals surface area contributed by atoms with Gasteiger partial charge in [-0.1, -0.05) is 22.7 Å². The number of hydrogen-bond acceptors (Lipinski definition) is 8. The van der Waals surface area contributed by atoms with Crippen molar-refractivity contribution in [1.82, 2.24) is 9.97 Å². The van der Waals surface area contributed by atoms with Crippen molar-refractivity contribution < 1.29 is 9.47 Å². The van der Waals surface area contributed by atoms with Crippen molar-refractivity contribution in [3.63, 3.8) is 0 Å². The maximum atomic E-state index is 5.82.